The number of imide groups is 3. The Balaban J connectivity index is 0.000000222. The monoisotopic (exact) mass is 1230 g/mol. The highest BCUT2D eigenvalue weighted by molar-refractivity contribution is 7.44. The summed E-state index contributed by atoms with van der Waals surface area (Å²) in [5.41, 5.74) is 4.73. The van der Waals surface area contributed by atoms with Gasteiger partial charge in [0.05, 0.1) is 73.0 Å². The first-order chi connectivity index (χ1) is 42.8. The zero-order valence-electron chi connectivity index (χ0n) is 51.2. The number of hydrogen-bond donors (Lipinski definition) is 2. The third-order valence-corrected chi connectivity index (χ3v) is 15.6. The highest BCUT2D eigenvalue weighted by Crippen LogP contribution is 2.46. The largest absolute Gasteiger partial charge is 0.396 e. The molecule has 5 aromatic carbocycles. The van der Waals surface area contributed by atoms with Gasteiger partial charge in [0.2, 0.25) is 6.54 Å². The number of aliphatic hydroxyl groups excluding tert-OH is 2. The molecule has 2 N–H and O–H groups in total. The first kappa shape index (κ1) is 71.8. The van der Waals surface area contributed by atoms with Crippen LogP contribution in [-0.4, -0.2) is 144 Å². The Hall–Kier alpha value is -6.96. The summed E-state index contributed by atoms with van der Waals surface area (Å²) in [5.74, 6) is -2.39. The molecule has 0 aromatic heterocycles. The van der Waals surface area contributed by atoms with Gasteiger partial charge in [0, 0.05) is 38.5 Å². The van der Waals surface area contributed by atoms with Crippen molar-refractivity contribution in [2.75, 3.05) is 66.0 Å². The predicted molar refractivity (Wildman–Crippen MR) is 333 cm³/mol. The van der Waals surface area contributed by atoms with E-state index in [0.29, 0.717) is 112 Å². The Kier molecular flexibility index (Phi) is 33.7. The van der Waals surface area contributed by atoms with E-state index in [0.717, 1.165) is 85.1 Å². The van der Waals surface area contributed by atoms with Crippen LogP contribution in [0.3, 0.4) is 0 Å². The smallest absolute Gasteiger partial charge is 0.285 e. The molecule has 474 valence electrons. The molecular weight excluding hydrogens is 1150 g/mol. The molecule has 1 unspecified atom stereocenters. The molecule has 8 rings (SSSR count). The van der Waals surface area contributed by atoms with Crippen LogP contribution in [0.1, 0.15) is 178 Å². The normalized spacial score (nSPS) is 13.5. The summed E-state index contributed by atoms with van der Waals surface area (Å²) in [4.78, 5) is 91.8. The number of unbranched alkanes of at least 4 members (excludes halogenated alkanes) is 8. The van der Waals surface area contributed by atoms with Crippen LogP contribution in [0.25, 0.3) is 4.85 Å². The van der Waals surface area contributed by atoms with Crippen LogP contribution < -0.4 is 0 Å². The van der Waals surface area contributed by atoms with E-state index >= 15 is 0 Å². The van der Waals surface area contributed by atoms with Gasteiger partial charge in [-0.15, -0.1) is 15.2 Å². The second-order valence-electron chi connectivity index (χ2n) is 21.0. The molecule has 3 aliphatic rings. The molecule has 0 bridgehead atoms. The van der Waals surface area contributed by atoms with Gasteiger partial charge in [-0.25, -0.2) is 11.2 Å². The third-order valence-electron chi connectivity index (χ3n) is 13.5. The maximum Gasteiger partial charge on any atom is 0.285 e. The van der Waals surface area contributed by atoms with Crippen LogP contribution in [0.2, 0.25) is 0 Å². The van der Waals surface area contributed by atoms with Crippen LogP contribution in [-0.2, 0) is 46.2 Å². The minimum atomic E-state index is -1.22. The summed E-state index contributed by atoms with van der Waals surface area (Å²) in [6.45, 7) is 20.7. The number of hydrogen-bond acceptors (Lipinski definition) is 16. The SMILES string of the molecule is O=C1c2ccccc2C(=O)N1OCCCCCO.O=C1c2ccccc2C(=O)N1OCCCCCOCc1ccccc1.OCCCCCOCc1ccccc1.[C-]#[N+]CCOP(OCCCCCON1C(=O)c2ccccc2C1=O)N(C(C)C)C(C)C. The van der Waals surface area contributed by atoms with Crippen molar-refractivity contribution in [3.63, 3.8) is 0 Å². The fraction of sp³-hybridized carbons (Fsp3) is 0.448. The van der Waals surface area contributed by atoms with Gasteiger partial charge in [0.15, 0.2) is 0 Å². The molecule has 5 aromatic rings. The van der Waals surface area contributed by atoms with Crippen molar-refractivity contribution in [1.29, 1.82) is 0 Å². The third kappa shape index (κ3) is 23.5. The van der Waals surface area contributed by atoms with Gasteiger partial charge < -0.3 is 33.6 Å². The van der Waals surface area contributed by atoms with Crippen molar-refractivity contribution in [2.24, 2.45) is 0 Å². The second kappa shape index (κ2) is 41.3. The maximum atomic E-state index is 12.3. The first-order valence-corrected chi connectivity index (χ1v) is 31.4. The Labute approximate surface area is 519 Å². The maximum absolute atomic E-state index is 12.3. The highest BCUT2D eigenvalue weighted by Gasteiger charge is 2.38. The van der Waals surface area contributed by atoms with E-state index in [1.54, 1.807) is 72.8 Å². The second-order valence-corrected chi connectivity index (χ2v) is 22.4. The summed E-state index contributed by atoms with van der Waals surface area (Å²) in [6.07, 6.45) is 10.1. The van der Waals surface area contributed by atoms with E-state index in [2.05, 4.69) is 49.3 Å². The van der Waals surface area contributed by atoms with Crippen molar-refractivity contribution in [1.82, 2.24) is 19.9 Å². The van der Waals surface area contributed by atoms with E-state index in [1.807, 2.05) is 48.5 Å². The number of ether oxygens (including phenoxy) is 2. The van der Waals surface area contributed by atoms with Gasteiger partial charge in [-0.2, -0.15) is 0 Å². The van der Waals surface area contributed by atoms with Crippen LogP contribution in [0.15, 0.2) is 133 Å². The van der Waals surface area contributed by atoms with Crippen molar-refractivity contribution in [2.45, 2.75) is 130 Å². The van der Waals surface area contributed by atoms with E-state index in [4.69, 9.17) is 49.8 Å². The molecular formula is C67H86N5O15P. The van der Waals surface area contributed by atoms with Gasteiger partial charge in [0.25, 0.3) is 44.0 Å². The van der Waals surface area contributed by atoms with Crippen LogP contribution in [0, 0.1) is 6.57 Å². The Morgan fingerprint density at radius 1 is 0.398 bits per heavy atom. The molecule has 3 heterocycles. The van der Waals surface area contributed by atoms with Gasteiger partial charge in [-0.05, 0) is 152 Å². The first-order valence-electron chi connectivity index (χ1n) is 30.3. The van der Waals surface area contributed by atoms with Crippen LogP contribution >= 0.6 is 8.53 Å². The number of fused-ring (bicyclic) bond motifs is 3. The number of carbonyl (C=O) groups excluding carboxylic acids is 6. The Bertz CT molecular complexity index is 2830. The fourth-order valence-electron chi connectivity index (χ4n) is 9.05. The number of rotatable bonds is 36. The summed E-state index contributed by atoms with van der Waals surface area (Å²) in [5, 5.41) is 19.7. The molecule has 0 saturated heterocycles. The number of nitrogens with zero attached hydrogens (tertiary/aromatic N) is 5. The average molecular weight is 1230 g/mol. The van der Waals surface area contributed by atoms with Crippen molar-refractivity contribution in [3.8, 4) is 0 Å². The topological polar surface area (TPSA) is 225 Å². The number of benzene rings is 5. The van der Waals surface area contributed by atoms with Gasteiger partial charge in [0.1, 0.15) is 6.61 Å². The Morgan fingerprint density at radius 3 is 0.989 bits per heavy atom. The lowest BCUT2D eigenvalue weighted by Gasteiger charge is -2.35. The van der Waals surface area contributed by atoms with Gasteiger partial charge >= 0.3 is 0 Å². The highest BCUT2D eigenvalue weighted by atomic mass is 31.2. The van der Waals surface area contributed by atoms with Crippen LogP contribution in [0.4, 0.5) is 0 Å². The number of carbonyl (C=O) groups is 6. The summed E-state index contributed by atoms with van der Waals surface area (Å²) < 4.78 is 25.2. The van der Waals surface area contributed by atoms with E-state index in [-0.39, 0.29) is 37.1 Å². The zero-order chi connectivity index (χ0) is 63.3. The van der Waals surface area contributed by atoms with E-state index in [1.165, 1.54) is 5.56 Å². The molecule has 20 nitrogen and oxygen atoms in total. The quantitative estimate of drug-likeness (QED) is 0.0165. The van der Waals surface area contributed by atoms with E-state index < -0.39 is 32.2 Å². The van der Waals surface area contributed by atoms with Gasteiger partial charge in [-0.1, -0.05) is 97.1 Å². The van der Waals surface area contributed by atoms with Gasteiger partial charge in [-0.3, -0.25) is 43.3 Å². The number of hydroxylamine groups is 6. The molecule has 88 heavy (non-hydrogen) atoms. The molecule has 1 atom stereocenters. The standard InChI is InChI=1S/C22H32N3O5P.C20H21NO4.C13H15NO4.C12H18O2/c1-17(2)25(18(3)4)31(30-16-13-23-5)29-15-10-6-9-14-28-24-21(26)19-11-7-8-12-20(19)22(24)27;22-19-17-11-5-6-12-18(17)20(23)21(19)25-14-8-2-7-13-24-15-16-9-3-1-4-10-16;15-8-4-1-5-9-18-14-12(16)10-6-2-3-7-11(10)13(14)17;13-9-5-2-6-10-14-11-12-7-3-1-4-8-12/h7-8,11-12,17-18H,6,9-10,13-16H2,1-4H3;1,3-6,9-12H,2,7-8,13-15H2;2-3,6-7,15H,1,4-5,8-9H2;1,3-4,7-8,13H,2,5-6,9-11H2. The average Bonchev–Trinajstić information content (AvgIpc) is 2.20. The van der Waals surface area contributed by atoms with Crippen molar-refractivity contribution < 1.29 is 72.0 Å². The molecule has 0 radical (unpaired) electrons. The molecule has 0 saturated carbocycles. The molecule has 0 aliphatic carbocycles. The molecule has 0 fully saturated rings. The molecule has 0 spiro atoms. The van der Waals surface area contributed by atoms with Crippen molar-refractivity contribution in [3.05, 3.63) is 189 Å². The summed E-state index contributed by atoms with van der Waals surface area (Å²) in [7, 11) is -1.22. The fourth-order valence-corrected chi connectivity index (χ4v) is 10.7. The Morgan fingerprint density at radius 2 is 0.682 bits per heavy atom. The van der Waals surface area contributed by atoms with E-state index in [9.17, 15) is 28.8 Å². The summed E-state index contributed by atoms with van der Waals surface area (Å²) >= 11 is 0. The lowest BCUT2D eigenvalue weighted by molar-refractivity contribution is -0.0926. The minimum absolute atomic E-state index is 0.146. The number of aliphatic hydroxyl groups is 2. The van der Waals surface area contributed by atoms with Crippen LogP contribution in [0.5, 0.6) is 0 Å². The lowest BCUT2D eigenvalue weighted by atomic mass is 10.1. The minimum Gasteiger partial charge on any atom is -0.396 e. The molecule has 6 amide bonds. The number of amides is 6. The lowest BCUT2D eigenvalue weighted by Crippen LogP contribution is -2.33. The molecule has 21 heteroatoms. The predicted octanol–water partition coefficient (Wildman–Crippen LogP) is 12.0. The zero-order valence-corrected chi connectivity index (χ0v) is 52.1. The molecule has 3 aliphatic heterocycles. The van der Waals surface area contributed by atoms with Crippen molar-refractivity contribution >= 4 is 44.0 Å². The summed E-state index contributed by atoms with van der Waals surface area (Å²) in [6, 6.07) is 40.9.